The molecule has 0 aromatic heterocycles. The third-order valence-corrected chi connectivity index (χ3v) is 4.55. The summed E-state index contributed by atoms with van der Waals surface area (Å²) in [5.41, 5.74) is 2.63. The third kappa shape index (κ3) is 5.47. The highest BCUT2D eigenvalue weighted by atomic mass is 16.5. The Morgan fingerprint density at radius 3 is 2.07 bits per heavy atom. The molecule has 0 aliphatic carbocycles. The summed E-state index contributed by atoms with van der Waals surface area (Å²) in [6.07, 6.45) is -0.0324. The Labute approximate surface area is 177 Å². The fourth-order valence-corrected chi connectivity index (χ4v) is 3.02. The first-order valence-corrected chi connectivity index (χ1v) is 9.97. The van der Waals surface area contributed by atoms with E-state index in [1.807, 2.05) is 57.2 Å². The Morgan fingerprint density at radius 2 is 1.40 bits per heavy atom. The van der Waals surface area contributed by atoms with Gasteiger partial charge >= 0.3 is 0 Å². The van der Waals surface area contributed by atoms with E-state index in [0.29, 0.717) is 22.6 Å². The summed E-state index contributed by atoms with van der Waals surface area (Å²) in [7, 11) is 0. The minimum Gasteiger partial charge on any atom is -0.490 e. The zero-order chi connectivity index (χ0) is 21.5. The van der Waals surface area contributed by atoms with Gasteiger partial charge in [0.05, 0.1) is 17.7 Å². The lowest BCUT2D eigenvalue weighted by Crippen LogP contribution is -2.26. The molecule has 154 valence electrons. The molecule has 2 N–H and O–H groups in total. The van der Waals surface area contributed by atoms with Crippen LogP contribution >= 0.6 is 0 Å². The SMILES string of the molecule is CC(C)Oc1ccccc1C(=O)Nc1ccc(C(=O)NC(C)c2ccccc2)cc1. The second kappa shape index (κ2) is 9.74. The number of nitrogens with one attached hydrogen (secondary N) is 2. The van der Waals surface area contributed by atoms with Crippen molar-refractivity contribution in [2.24, 2.45) is 0 Å². The smallest absolute Gasteiger partial charge is 0.259 e. The van der Waals surface area contributed by atoms with Crippen molar-refractivity contribution >= 4 is 17.5 Å². The number of carbonyl (C=O) groups is 2. The molecular formula is C25H26N2O3. The highest BCUT2D eigenvalue weighted by molar-refractivity contribution is 6.06. The van der Waals surface area contributed by atoms with Crippen LogP contribution in [0.5, 0.6) is 5.75 Å². The maximum absolute atomic E-state index is 12.7. The Kier molecular flexibility index (Phi) is 6.86. The lowest BCUT2D eigenvalue weighted by molar-refractivity contribution is 0.0939. The molecule has 0 heterocycles. The lowest BCUT2D eigenvalue weighted by atomic mass is 10.1. The van der Waals surface area contributed by atoms with Crippen LogP contribution in [0.15, 0.2) is 78.9 Å². The van der Waals surface area contributed by atoms with E-state index in [2.05, 4.69) is 10.6 Å². The van der Waals surface area contributed by atoms with Gasteiger partial charge in [0.1, 0.15) is 5.75 Å². The summed E-state index contributed by atoms with van der Waals surface area (Å²) in [4.78, 5) is 25.2. The van der Waals surface area contributed by atoms with Gasteiger partial charge in [0.25, 0.3) is 11.8 Å². The van der Waals surface area contributed by atoms with Crippen LogP contribution in [-0.4, -0.2) is 17.9 Å². The predicted octanol–water partition coefficient (Wildman–Crippen LogP) is 5.22. The van der Waals surface area contributed by atoms with Gasteiger partial charge in [-0.25, -0.2) is 0 Å². The van der Waals surface area contributed by atoms with E-state index >= 15 is 0 Å². The number of benzene rings is 3. The van der Waals surface area contributed by atoms with Gasteiger partial charge in [0, 0.05) is 11.3 Å². The molecule has 0 bridgehead atoms. The van der Waals surface area contributed by atoms with Gasteiger partial charge in [-0.15, -0.1) is 0 Å². The van der Waals surface area contributed by atoms with Gasteiger partial charge in [-0.3, -0.25) is 9.59 Å². The normalized spacial score (nSPS) is 11.6. The predicted molar refractivity (Wildman–Crippen MR) is 119 cm³/mol. The largest absolute Gasteiger partial charge is 0.490 e. The van der Waals surface area contributed by atoms with Gasteiger partial charge in [-0.1, -0.05) is 42.5 Å². The molecule has 0 saturated carbocycles. The van der Waals surface area contributed by atoms with Crippen molar-refractivity contribution in [3.8, 4) is 5.75 Å². The standard InChI is InChI=1S/C25H26N2O3/c1-17(2)30-23-12-8-7-11-22(23)25(29)27-21-15-13-20(14-16-21)24(28)26-18(3)19-9-5-4-6-10-19/h4-18H,1-3H3,(H,26,28)(H,27,29). The number of anilines is 1. The van der Waals surface area contributed by atoms with Crippen LogP contribution in [0.2, 0.25) is 0 Å². The van der Waals surface area contributed by atoms with E-state index < -0.39 is 0 Å². The highest BCUT2D eigenvalue weighted by Crippen LogP contribution is 2.21. The van der Waals surface area contributed by atoms with Crippen molar-refractivity contribution in [3.05, 3.63) is 95.6 Å². The first-order valence-electron chi connectivity index (χ1n) is 9.97. The molecule has 0 radical (unpaired) electrons. The van der Waals surface area contributed by atoms with E-state index in [1.54, 1.807) is 42.5 Å². The molecule has 0 fully saturated rings. The minimum absolute atomic E-state index is 0.0324. The number of hydrogen-bond acceptors (Lipinski definition) is 3. The van der Waals surface area contributed by atoms with Gasteiger partial charge < -0.3 is 15.4 Å². The molecule has 5 heteroatoms. The van der Waals surface area contributed by atoms with Gasteiger partial charge in [0.15, 0.2) is 0 Å². The van der Waals surface area contributed by atoms with Crippen LogP contribution in [0.1, 0.15) is 53.1 Å². The van der Waals surface area contributed by atoms with Crippen molar-refractivity contribution < 1.29 is 14.3 Å². The maximum atomic E-state index is 12.7. The number of carbonyl (C=O) groups excluding carboxylic acids is 2. The summed E-state index contributed by atoms with van der Waals surface area (Å²) >= 11 is 0. The summed E-state index contributed by atoms with van der Waals surface area (Å²) < 4.78 is 5.71. The molecule has 5 nitrogen and oxygen atoms in total. The molecule has 30 heavy (non-hydrogen) atoms. The van der Waals surface area contributed by atoms with Crippen molar-refractivity contribution in [2.75, 3.05) is 5.32 Å². The van der Waals surface area contributed by atoms with Gasteiger partial charge in [0.2, 0.25) is 0 Å². The van der Waals surface area contributed by atoms with E-state index in [1.165, 1.54) is 0 Å². The van der Waals surface area contributed by atoms with Crippen LogP contribution in [-0.2, 0) is 0 Å². The first kappa shape index (κ1) is 21.1. The highest BCUT2D eigenvalue weighted by Gasteiger charge is 2.14. The second-order valence-corrected chi connectivity index (χ2v) is 7.30. The second-order valence-electron chi connectivity index (χ2n) is 7.30. The average molecular weight is 402 g/mol. The molecule has 3 rings (SSSR count). The number of ether oxygens (including phenoxy) is 1. The Morgan fingerprint density at radius 1 is 0.767 bits per heavy atom. The first-order chi connectivity index (χ1) is 14.4. The zero-order valence-electron chi connectivity index (χ0n) is 17.4. The maximum Gasteiger partial charge on any atom is 0.259 e. The summed E-state index contributed by atoms with van der Waals surface area (Å²) in [5.74, 6) is 0.108. The fourth-order valence-electron chi connectivity index (χ4n) is 3.02. The number of rotatable bonds is 7. The monoisotopic (exact) mass is 402 g/mol. The Balaban J connectivity index is 1.65. The average Bonchev–Trinajstić information content (AvgIpc) is 2.74. The van der Waals surface area contributed by atoms with Crippen LogP contribution < -0.4 is 15.4 Å². The number of para-hydroxylation sites is 1. The van der Waals surface area contributed by atoms with Gasteiger partial charge in [-0.2, -0.15) is 0 Å². The van der Waals surface area contributed by atoms with Crippen LogP contribution in [0.3, 0.4) is 0 Å². The molecule has 1 unspecified atom stereocenters. The molecule has 0 saturated heterocycles. The Hall–Kier alpha value is -3.60. The summed E-state index contributed by atoms with van der Waals surface area (Å²) in [6.45, 7) is 5.77. The van der Waals surface area contributed by atoms with E-state index in [4.69, 9.17) is 4.74 Å². The molecule has 0 spiro atoms. The quantitative estimate of drug-likeness (QED) is 0.570. The van der Waals surface area contributed by atoms with E-state index in [9.17, 15) is 9.59 Å². The summed E-state index contributed by atoms with van der Waals surface area (Å²) in [5, 5.41) is 5.84. The minimum atomic E-state index is -0.263. The zero-order valence-corrected chi connectivity index (χ0v) is 17.4. The molecule has 3 aromatic rings. The van der Waals surface area contributed by atoms with Crippen LogP contribution in [0.4, 0.5) is 5.69 Å². The van der Waals surface area contributed by atoms with Crippen molar-refractivity contribution in [2.45, 2.75) is 32.9 Å². The number of hydrogen-bond donors (Lipinski definition) is 2. The van der Waals surface area contributed by atoms with E-state index in [0.717, 1.165) is 5.56 Å². The molecule has 1 atom stereocenters. The van der Waals surface area contributed by atoms with Crippen molar-refractivity contribution in [1.82, 2.24) is 5.32 Å². The topological polar surface area (TPSA) is 67.4 Å². The number of amides is 2. The van der Waals surface area contributed by atoms with Crippen LogP contribution in [0, 0.1) is 0 Å². The molecule has 3 aromatic carbocycles. The summed E-state index contributed by atoms with van der Waals surface area (Å²) in [6, 6.07) is 23.6. The molecular weight excluding hydrogens is 376 g/mol. The van der Waals surface area contributed by atoms with Crippen molar-refractivity contribution in [3.63, 3.8) is 0 Å². The molecule has 2 amide bonds. The van der Waals surface area contributed by atoms with E-state index in [-0.39, 0.29) is 24.0 Å². The lowest BCUT2D eigenvalue weighted by Gasteiger charge is -2.15. The Bertz CT molecular complexity index is 998. The van der Waals surface area contributed by atoms with Gasteiger partial charge in [-0.05, 0) is 62.7 Å². The molecule has 0 aliphatic rings. The van der Waals surface area contributed by atoms with Crippen LogP contribution in [0.25, 0.3) is 0 Å². The molecule has 0 aliphatic heterocycles. The fraction of sp³-hybridized carbons (Fsp3) is 0.200. The van der Waals surface area contributed by atoms with Crippen molar-refractivity contribution in [1.29, 1.82) is 0 Å². The third-order valence-electron chi connectivity index (χ3n) is 4.55.